The van der Waals surface area contributed by atoms with Crippen LogP contribution in [0.25, 0.3) is 0 Å². The molecule has 23 heavy (non-hydrogen) atoms. The second kappa shape index (κ2) is 9.10. The summed E-state index contributed by atoms with van der Waals surface area (Å²) < 4.78 is 11.0. The van der Waals surface area contributed by atoms with Gasteiger partial charge in [0, 0.05) is 10.5 Å². The standard InChI is InChI=1S/C18H21NO3S/c1-3-21-15-6-8-16(9-7-15)22-13-12-19-18(20)14-4-10-17(23-2)11-5-14/h4-11H,3,12-13H2,1-2H3,(H,19,20). The van der Waals surface area contributed by atoms with Crippen molar-refractivity contribution < 1.29 is 14.3 Å². The maximum absolute atomic E-state index is 12.0. The van der Waals surface area contributed by atoms with Gasteiger partial charge >= 0.3 is 0 Å². The van der Waals surface area contributed by atoms with Crippen molar-refractivity contribution in [1.29, 1.82) is 0 Å². The van der Waals surface area contributed by atoms with Gasteiger partial charge in [0.1, 0.15) is 18.1 Å². The zero-order chi connectivity index (χ0) is 16.5. The third kappa shape index (κ3) is 5.53. The molecule has 0 bridgehead atoms. The van der Waals surface area contributed by atoms with Crippen molar-refractivity contribution in [2.24, 2.45) is 0 Å². The molecule has 2 aromatic rings. The van der Waals surface area contributed by atoms with Crippen LogP contribution >= 0.6 is 11.8 Å². The first-order chi connectivity index (χ1) is 11.2. The number of rotatable bonds is 8. The lowest BCUT2D eigenvalue weighted by atomic mass is 10.2. The molecule has 2 aromatic carbocycles. The Balaban J connectivity index is 1.72. The smallest absolute Gasteiger partial charge is 0.251 e. The predicted molar refractivity (Wildman–Crippen MR) is 93.7 cm³/mol. The van der Waals surface area contributed by atoms with Crippen molar-refractivity contribution in [3.8, 4) is 11.5 Å². The van der Waals surface area contributed by atoms with Gasteiger partial charge in [0.25, 0.3) is 5.91 Å². The minimum Gasteiger partial charge on any atom is -0.494 e. The van der Waals surface area contributed by atoms with Crippen LogP contribution in [-0.2, 0) is 0 Å². The second-order valence-electron chi connectivity index (χ2n) is 4.74. The second-order valence-corrected chi connectivity index (χ2v) is 5.62. The number of carbonyl (C=O) groups excluding carboxylic acids is 1. The van der Waals surface area contributed by atoms with E-state index in [2.05, 4.69) is 5.32 Å². The van der Waals surface area contributed by atoms with Gasteiger partial charge in [0.05, 0.1) is 13.2 Å². The van der Waals surface area contributed by atoms with Crippen LogP contribution in [0.1, 0.15) is 17.3 Å². The van der Waals surface area contributed by atoms with Gasteiger partial charge in [0.2, 0.25) is 0 Å². The van der Waals surface area contributed by atoms with Gasteiger partial charge < -0.3 is 14.8 Å². The molecule has 4 nitrogen and oxygen atoms in total. The molecule has 0 aliphatic heterocycles. The van der Waals surface area contributed by atoms with Gasteiger partial charge in [-0.3, -0.25) is 4.79 Å². The Morgan fingerprint density at radius 3 is 2.17 bits per heavy atom. The van der Waals surface area contributed by atoms with Crippen LogP contribution in [0.2, 0.25) is 0 Å². The van der Waals surface area contributed by atoms with Crippen LogP contribution in [0.5, 0.6) is 11.5 Å². The van der Waals surface area contributed by atoms with E-state index in [4.69, 9.17) is 9.47 Å². The largest absolute Gasteiger partial charge is 0.494 e. The Labute approximate surface area is 141 Å². The molecule has 1 N–H and O–H groups in total. The zero-order valence-corrected chi connectivity index (χ0v) is 14.2. The molecule has 0 fully saturated rings. The SMILES string of the molecule is CCOc1ccc(OCCNC(=O)c2ccc(SC)cc2)cc1. The summed E-state index contributed by atoms with van der Waals surface area (Å²) in [5.41, 5.74) is 0.656. The molecule has 5 heteroatoms. The summed E-state index contributed by atoms with van der Waals surface area (Å²) in [5.74, 6) is 1.49. The van der Waals surface area contributed by atoms with E-state index in [1.165, 1.54) is 0 Å². The van der Waals surface area contributed by atoms with Crippen LogP contribution in [-0.4, -0.2) is 31.9 Å². The van der Waals surface area contributed by atoms with E-state index in [0.717, 1.165) is 16.4 Å². The molecule has 0 heterocycles. The van der Waals surface area contributed by atoms with Crippen molar-refractivity contribution >= 4 is 17.7 Å². The Bertz CT molecular complexity index is 611. The number of nitrogens with one attached hydrogen (secondary N) is 1. The highest BCUT2D eigenvalue weighted by molar-refractivity contribution is 7.98. The average molecular weight is 331 g/mol. The quantitative estimate of drug-likeness (QED) is 0.593. The summed E-state index contributed by atoms with van der Waals surface area (Å²) >= 11 is 1.65. The van der Waals surface area contributed by atoms with Crippen LogP contribution in [0.15, 0.2) is 53.4 Å². The lowest BCUT2D eigenvalue weighted by molar-refractivity contribution is 0.0947. The number of thioether (sulfide) groups is 1. The minimum absolute atomic E-state index is 0.0899. The summed E-state index contributed by atoms with van der Waals surface area (Å²) in [5, 5.41) is 2.84. The molecule has 0 aliphatic carbocycles. The highest BCUT2D eigenvalue weighted by Gasteiger charge is 2.04. The fraction of sp³-hybridized carbons (Fsp3) is 0.278. The fourth-order valence-electron chi connectivity index (χ4n) is 1.98. The van der Waals surface area contributed by atoms with Crippen LogP contribution in [0, 0.1) is 0 Å². The Morgan fingerprint density at radius 1 is 1.00 bits per heavy atom. The van der Waals surface area contributed by atoms with E-state index < -0.39 is 0 Å². The molecule has 0 saturated heterocycles. The van der Waals surface area contributed by atoms with Gasteiger partial charge in [0.15, 0.2) is 0 Å². The maximum Gasteiger partial charge on any atom is 0.251 e. The summed E-state index contributed by atoms with van der Waals surface area (Å²) in [7, 11) is 0. The molecule has 122 valence electrons. The molecule has 0 saturated carbocycles. The van der Waals surface area contributed by atoms with E-state index in [1.807, 2.05) is 61.7 Å². The fourth-order valence-corrected chi connectivity index (χ4v) is 2.38. The van der Waals surface area contributed by atoms with Crippen LogP contribution in [0.4, 0.5) is 0 Å². The number of carbonyl (C=O) groups is 1. The molecule has 0 atom stereocenters. The van der Waals surface area contributed by atoms with Crippen molar-refractivity contribution in [2.45, 2.75) is 11.8 Å². The third-order valence-corrected chi connectivity index (χ3v) is 3.89. The Kier molecular flexibility index (Phi) is 6.81. The summed E-state index contributed by atoms with van der Waals surface area (Å²) in [6, 6.07) is 15.0. The molecule has 0 aromatic heterocycles. The first kappa shape index (κ1) is 17.2. The van der Waals surface area contributed by atoms with Crippen molar-refractivity contribution in [3.63, 3.8) is 0 Å². The van der Waals surface area contributed by atoms with Gasteiger partial charge in [-0.2, -0.15) is 0 Å². The number of hydrogen-bond acceptors (Lipinski definition) is 4. The monoisotopic (exact) mass is 331 g/mol. The molecule has 1 amide bonds. The molecule has 0 unspecified atom stereocenters. The number of ether oxygens (including phenoxy) is 2. The maximum atomic E-state index is 12.0. The van der Waals surface area contributed by atoms with Gasteiger partial charge in [-0.15, -0.1) is 11.8 Å². The van der Waals surface area contributed by atoms with Gasteiger partial charge in [-0.05, 0) is 61.7 Å². The Morgan fingerprint density at radius 2 is 1.61 bits per heavy atom. The third-order valence-electron chi connectivity index (χ3n) is 3.14. The van der Waals surface area contributed by atoms with Gasteiger partial charge in [-0.1, -0.05) is 0 Å². The normalized spacial score (nSPS) is 10.2. The molecule has 0 aliphatic rings. The molecular formula is C18H21NO3S. The number of amides is 1. The molecular weight excluding hydrogens is 310 g/mol. The molecule has 2 rings (SSSR count). The van der Waals surface area contributed by atoms with E-state index >= 15 is 0 Å². The van der Waals surface area contributed by atoms with Crippen molar-refractivity contribution in [3.05, 3.63) is 54.1 Å². The highest BCUT2D eigenvalue weighted by Crippen LogP contribution is 2.17. The highest BCUT2D eigenvalue weighted by atomic mass is 32.2. The van der Waals surface area contributed by atoms with E-state index in [0.29, 0.717) is 25.3 Å². The lowest BCUT2D eigenvalue weighted by Gasteiger charge is -2.09. The van der Waals surface area contributed by atoms with Gasteiger partial charge in [-0.25, -0.2) is 0 Å². The number of hydrogen-bond donors (Lipinski definition) is 1. The van der Waals surface area contributed by atoms with E-state index in [-0.39, 0.29) is 5.91 Å². The minimum atomic E-state index is -0.0899. The van der Waals surface area contributed by atoms with E-state index in [9.17, 15) is 4.79 Å². The Hall–Kier alpha value is -2.14. The molecule has 0 spiro atoms. The number of benzene rings is 2. The molecule has 0 radical (unpaired) electrons. The topological polar surface area (TPSA) is 47.6 Å². The van der Waals surface area contributed by atoms with Crippen molar-refractivity contribution in [2.75, 3.05) is 26.0 Å². The first-order valence-corrected chi connectivity index (χ1v) is 8.73. The summed E-state index contributed by atoms with van der Waals surface area (Å²) in [6.45, 7) is 3.46. The lowest BCUT2D eigenvalue weighted by Crippen LogP contribution is -2.28. The van der Waals surface area contributed by atoms with E-state index in [1.54, 1.807) is 11.8 Å². The summed E-state index contributed by atoms with van der Waals surface area (Å²) in [6.07, 6.45) is 2.01. The van der Waals surface area contributed by atoms with Crippen LogP contribution < -0.4 is 14.8 Å². The first-order valence-electron chi connectivity index (χ1n) is 7.51. The zero-order valence-electron chi connectivity index (χ0n) is 13.4. The van der Waals surface area contributed by atoms with Crippen molar-refractivity contribution in [1.82, 2.24) is 5.32 Å². The predicted octanol–water partition coefficient (Wildman–Crippen LogP) is 3.62. The average Bonchev–Trinajstić information content (AvgIpc) is 2.60. The van der Waals surface area contributed by atoms with Crippen LogP contribution in [0.3, 0.4) is 0 Å². The summed E-state index contributed by atoms with van der Waals surface area (Å²) in [4.78, 5) is 13.1.